The molecule has 0 N–H and O–H groups in total. The van der Waals surface area contributed by atoms with E-state index >= 15 is 0 Å². The second kappa shape index (κ2) is 7.66. The van der Waals surface area contributed by atoms with Crippen LogP contribution in [0.15, 0.2) is 53.4 Å². The number of hydrogen-bond acceptors (Lipinski definition) is 3. The fourth-order valence-electron chi connectivity index (χ4n) is 2.49. The Hall–Kier alpha value is -1.78. The van der Waals surface area contributed by atoms with Gasteiger partial charge in [0.2, 0.25) is 0 Å². The van der Waals surface area contributed by atoms with Crippen LogP contribution in [0, 0.1) is 6.92 Å². The fraction of sp³-hybridized carbons (Fsp3) is 0.316. The molecule has 1 aliphatic rings. The monoisotopic (exact) mass is 327 g/mol. The molecule has 0 atom stereocenters. The molecule has 0 saturated carbocycles. The van der Waals surface area contributed by atoms with Crippen molar-refractivity contribution in [2.45, 2.75) is 17.6 Å². The van der Waals surface area contributed by atoms with Crippen LogP contribution < -0.4 is 0 Å². The van der Waals surface area contributed by atoms with Crippen molar-refractivity contribution in [3.63, 3.8) is 0 Å². The van der Waals surface area contributed by atoms with Crippen LogP contribution in [-0.4, -0.2) is 37.1 Å². The Kier molecular flexibility index (Phi) is 5.36. The summed E-state index contributed by atoms with van der Waals surface area (Å²) < 4.78 is 5.29. The van der Waals surface area contributed by atoms with Crippen molar-refractivity contribution in [3.05, 3.63) is 65.2 Å². The van der Waals surface area contributed by atoms with Gasteiger partial charge in [0.1, 0.15) is 0 Å². The van der Waals surface area contributed by atoms with Crippen molar-refractivity contribution >= 4 is 17.7 Å². The van der Waals surface area contributed by atoms with Crippen molar-refractivity contribution in [2.75, 3.05) is 26.3 Å². The van der Waals surface area contributed by atoms with E-state index in [0.29, 0.717) is 26.3 Å². The van der Waals surface area contributed by atoms with E-state index in [0.717, 1.165) is 11.3 Å². The number of morpholine rings is 1. The highest BCUT2D eigenvalue weighted by molar-refractivity contribution is 7.98. The number of benzene rings is 2. The van der Waals surface area contributed by atoms with E-state index in [2.05, 4.69) is 43.3 Å². The molecule has 120 valence electrons. The van der Waals surface area contributed by atoms with Gasteiger partial charge >= 0.3 is 0 Å². The van der Waals surface area contributed by atoms with E-state index in [9.17, 15) is 4.79 Å². The van der Waals surface area contributed by atoms with E-state index in [1.807, 2.05) is 28.8 Å². The quantitative estimate of drug-likeness (QED) is 0.801. The SMILES string of the molecule is Cc1ccc(SCc2ccc(C(=O)N3CCOCC3)cc2)cc1. The Morgan fingerprint density at radius 1 is 1.04 bits per heavy atom. The van der Waals surface area contributed by atoms with Gasteiger partial charge in [0.15, 0.2) is 0 Å². The van der Waals surface area contributed by atoms with Crippen LogP contribution in [0.3, 0.4) is 0 Å². The van der Waals surface area contributed by atoms with Gasteiger partial charge in [-0.3, -0.25) is 4.79 Å². The van der Waals surface area contributed by atoms with Gasteiger partial charge in [-0.1, -0.05) is 29.8 Å². The molecule has 0 spiro atoms. The number of nitrogens with zero attached hydrogens (tertiary/aromatic N) is 1. The molecule has 1 fully saturated rings. The van der Waals surface area contributed by atoms with E-state index in [1.54, 1.807) is 0 Å². The topological polar surface area (TPSA) is 29.5 Å². The van der Waals surface area contributed by atoms with Gasteiger partial charge in [0, 0.05) is 29.3 Å². The molecule has 2 aromatic carbocycles. The summed E-state index contributed by atoms with van der Waals surface area (Å²) in [5.41, 5.74) is 3.27. The Morgan fingerprint density at radius 2 is 1.70 bits per heavy atom. The Bertz CT molecular complexity index is 646. The van der Waals surface area contributed by atoms with Crippen LogP contribution in [0.5, 0.6) is 0 Å². The maximum absolute atomic E-state index is 12.4. The van der Waals surface area contributed by atoms with Gasteiger partial charge in [-0.15, -0.1) is 11.8 Å². The highest BCUT2D eigenvalue weighted by atomic mass is 32.2. The normalized spacial score (nSPS) is 14.7. The van der Waals surface area contributed by atoms with E-state index < -0.39 is 0 Å². The van der Waals surface area contributed by atoms with Gasteiger partial charge in [-0.05, 0) is 36.8 Å². The van der Waals surface area contributed by atoms with Crippen LogP contribution in [0.25, 0.3) is 0 Å². The third kappa shape index (κ3) is 4.36. The van der Waals surface area contributed by atoms with Gasteiger partial charge < -0.3 is 9.64 Å². The van der Waals surface area contributed by atoms with Crippen LogP contribution in [-0.2, 0) is 10.5 Å². The van der Waals surface area contributed by atoms with E-state index in [1.165, 1.54) is 16.0 Å². The molecule has 1 saturated heterocycles. The molecule has 4 heteroatoms. The second-order valence-corrected chi connectivity index (χ2v) is 6.75. The third-order valence-corrected chi connectivity index (χ3v) is 5.01. The van der Waals surface area contributed by atoms with Gasteiger partial charge in [0.05, 0.1) is 13.2 Å². The van der Waals surface area contributed by atoms with Crippen molar-refractivity contribution < 1.29 is 9.53 Å². The number of aryl methyl sites for hydroxylation is 1. The Balaban J connectivity index is 1.58. The largest absolute Gasteiger partial charge is 0.378 e. The highest BCUT2D eigenvalue weighted by Crippen LogP contribution is 2.23. The number of carbonyl (C=O) groups is 1. The summed E-state index contributed by atoms with van der Waals surface area (Å²) in [5.74, 6) is 1.01. The van der Waals surface area contributed by atoms with Gasteiger partial charge in [0.25, 0.3) is 5.91 Å². The molecule has 2 aromatic rings. The number of amides is 1. The van der Waals surface area contributed by atoms with Crippen LogP contribution in [0.4, 0.5) is 0 Å². The Labute approximate surface area is 141 Å². The first kappa shape index (κ1) is 16.1. The van der Waals surface area contributed by atoms with Crippen molar-refractivity contribution in [1.29, 1.82) is 0 Å². The molecule has 3 rings (SSSR count). The maximum Gasteiger partial charge on any atom is 0.254 e. The third-order valence-electron chi connectivity index (χ3n) is 3.93. The smallest absolute Gasteiger partial charge is 0.254 e. The molecular weight excluding hydrogens is 306 g/mol. The van der Waals surface area contributed by atoms with Crippen LogP contribution in [0.2, 0.25) is 0 Å². The lowest BCUT2D eigenvalue weighted by Gasteiger charge is -2.26. The molecule has 23 heavy (non-hydrogen) atoms. The summed E-state index contributed by atoms with van der Waals surface area (Å²) >= 11 is 1.81. The molecule has 3 nitrogen and oxygen atoms in total. The Morgan fingerprint density at radius 3 is 2.35 bits per heavy atom. The van der Waals surface area contributed by atoms with E-state index in [-0.39, 0.29) is 5.91 Å². The molecular formula is C19H21NO2S. The average molecular weight is 327 g/mol. The second-order valence-electron chi connectivity index (χ2n) is 5.70. The number of carbonyl (C=O) groups excluding carboxylic acids is 1. The average Bonchev–Trinajstić information content (AvgIpc) is 2.62. The molecule has 0 radical (unpaired) electrons. The minimum Gasteiger partial charge on any atom is -0.378 e. The predicted molar refractivity (Wildman–Crippen MR) is 93.9 cm³/mol. The summed E-state index contributed by atoms with van der Waals surface area (Å²) in [6.07, 6.45) is 0. The van der Waals surface area contributed by atoms with Crippen molar-refractivity contribution in [2.24, 2.45) is 0 Å². The lowest BCUT2D eigenvalue weighted by molar-refractivity contribution is 0.0303. The van der Waals surface area contributed by atoms with Crippen LogP contribution >= 0.6 is 11.8 Å². The summed E-state index contributed by atoms with van der Waals surface area (Å²) in [4.78, 5) is 15.5. The van der Waals surface area contributed by atoms with Crippen molar-refractivity contribution in [3.8, 4) is 0 Å². The first-order valence-electron chi connectivity index (χ1n) is 7.88. The molecule has 0 bridgehead atoms. The summed E-state index contributed by atoms with van der Waals surface area (Å²) in [7, 11) is 0. The zero-order valence-corrected chi connectivity index (χ0v) is 14.1. The summed E-state index contributed by atoms with van der Waals surface area (Å²) in [6.45, 7) is 4.74. The van der Waals surface area contributed by atoms with E-state index in [4.69, 9.17) is 4.74 Å². The minimum absolute atomic E-state index is 0.103. The first-order chi connectivity index (χ1) is 11.2. The van der Waals surface area contributed by atoms with Crippen LogP contribution in [0.1, 0.15) is 21.5 Å². The predicted octanol–water partition coefficient (Wildman–Crippen LogP) is 3.76. The fourth-order valence-corrected chi connectivity index (χ4v) is 3.35. The summed E-state index contributed by atoms with van der Waals surface area (Å²) in [5, 5.41) is 0. The standard InChI is InChI=1S/C19H21NO2S/c1-15-2-8-18(9-3-15)23-14-16-4-6-17(7-5-16)19(21)20-10-12-22-13-11-20/h2-9H,10-14H2,1H3. The number of thioether (sulfide) groups is 1. The number of ether oxygens (including phenoxy) is 1. The molecule has 0 unspecified atom stereocenters. The summed E-state index contributed by atoms with van der Waals surface area (Å²) in [6, 6.07) is 16.5. The lowest BCUT2D eigenvalue weighted by atomic mass is 10.1. The molecule has 0 aliphatic carbocycles. The maximum atomic E-state index is 12.4. The zero-order valence-electron chi connectivity index (χ0n) is 13.3. The van der Waals surface area contributed by atoms with Crippen molar-refractivity contribution in [1.82, 2.24) is 4.90 Å². The molecule has 1 amide bonds. The van der Waals surface area contributed by atoms with Gasteiger partial charge in [-0.2, -0.15) is 0 Å². The minimum atomic E-state index is 0.103. The first-order valence-corrected chi connectivity index (χ1v) is 8.86. The number of rotatable bonds is 4. The zero-order chi connectivity index (χ0) is 16.1. The van der Waals surface area contributed by atoms with Gasteiger partial charge in [-0.25, -0.2) is 0 Å². The molecule has 1 aliphatic heterocycles. The lowest BCUT2D eigenvalue weighted by Crippen LogP contribution is -2.40. The molecule has 0 aromatic heterocycles. The number of hydrogen-bond donors (Lipinski definition) is 0. The molecule has 1 heterocycles. The highest BCUT2D eigenvalue weighted by Gasteiger charge is 2.18.